The molecule has 0 spiro atoms. The summed E-state index contributed by atoms with van der Waals surface area (Å²) in [7, 11) is 0. The van der Waals surface area contributed by atoms with Gasteiger partial charge in [-0.05, 0) is 58.8 Å². The first-order valence-electron chi connectivity index (χ1n) is 11.6. The van der Waals surface area contributed by atoms with Gasteiger partial charge in [-0.2, -0.15) is 0 Å². The van der Waals surface area contributed by atoms with Crippen LogP contribution in [-0.4, -0.2) is 91.9 Å². The van der Waals surface area contributed by atoms with E-state index in [0.717, 1.165) is 85.1 Å². The zero-order chi connectivity index (χ0) is 20.4. The van der Waals surface area contributed by atoms with Gasteiger partial charge in [0.25, 0.3) is 0 Å². The molecule has 0 rings (SSSR count). The Hall–Kier alpha value is -0.280. The average molecular weight is 404 g/mol. The smallest absolute Gasteiger partial charge is 0.0700 e. The highest BCUT2D eigenvalue weighted by atomic mass is 16.5. The molecule has 0 atom stereocenters. The Labute approximate surface area is 174 Å². The largest absolute Gasteiger partial charge is 0.379 e. The van der Waals surface area contributed by atoms with Crippen LogP contribution in [0, 0.1) is 0 Å². The van der Waals surface area contributed by atoms with Gasteiger partial charge < -0.3 is 36.1 Å². The van der Waals surface area contributed by atoms with Gasteiger partial charge in [0.1, 0.15) is 0 Å². The standard InChI is InChI=1S/C21H49N5O2/c1-3-5-9-22-15-17-26-18-16-24-11-7-6-10-23-13-14-25-12-8-19-28-21-20-27-4-2/h22-26H,3-21H2,1-2H3. The molecule has 0 aromatic heterocycles. The van der Waals surface area contributed by atoms with Gasteiger partial charge in [-0.1, -0.05) is 13.3 Å². The van der Waals surface area contributed by atoms with E-state index in [1.54, 1.807) is 0 Å². The van der Waals surface area contributed by atoms with Gasteiger partial charge >= 0.3 is 0 Å². The molecule has 28 heavy (non-hydrogen) atoms. The zero-order valence-electron chi connectivity index (χ0n) is 18.8. The van der Waals surface area contributed by atoms with Crippen molar-refractivity contribution in [1.82, 2.24) is 26.6 Å². The van der Waals surface area contributed by atoms with E-state index >= 15 is 0 Å². The Balaban J connectivity index is 2.96. The molecular weight excluding hydrogens is 354 g/mol. The first kappa shape index (κ1) is 27.7. The Morgan fingerprint density at radius 1 is 0.429 bits per heavy atom. The highest BCUT2D eigenvalue weighted by Crippen LogP contribution is 1.85. The van der Waals surface area contributed by atoms with Gasteiger partial charge in [-0.15, -0.1) is 0 Å². The van der Waals surface area contributed by atoms with Crippen LogP contribution in [0.4, 0.5) is 0 Å². The van der Waals surface area contributed by atoms with Crippen molar-refractivity contribution in [3.05, 3.63) is 0 Å². The minimum Gasteiger partial charge on any atom is -0.379 e. The van der Waals surface area contributed by atoms with Crippen molar-refractivity contribution in [1.29, 1.82) is 0 Å². The van der Waals surface area contributed by atoms with Crippen molar-refractivity contribution in [2.75, 3.05) is 91.9 Å². The minimum absolute atomic E-state index is 0.706. The van der Waals surface area contributed by atoms with E-state index in [4.69, 9.17) is 9.47 Å². The van der Waals surface area contributed by atoms with Gasteiger partial charge in [0, 0.05) is 52.5 Å². The molecule has 0 bridgehead atoms. The summed E-state index contributed by atoms with van der Waals surface area (Å²) in [5, 5.41) is 17.3. The molecule has 170 valence electrons. The van der Waals surface area contributed by atoms with E-state index in [-0.39, 0.29) is 0 Å². The Morgan fingerprint density at radius 2 is 0.857 bits per heavy atom. The summed E-state index contributed by atoms with van der Waals surface area (Å²) < 4.78 is 10.7. The molecule has 0 radical (unpaired) electrons. The van der Waals surface area contributed by atoms with E-state index in [1.807, 2.05) is 6.92 Å². The molecule has 0 aromatic carbocycles. The Morgan fingerprint density at radius 3 is 1.36 bits per heavy atom. The predicted octanol–water partition coefficient (Wildman–Crippen LogP) is 0.958. The summed E-state index contributed by atoms with van der Waals surface area (Å²) in [4.78, 5) is 0. The second-order valence-corrected chi connectivity index (χ2v) is 6.97. The normalized spacial score (nSPS) is 11.4. The summed E-state index contributed by atoms with van der Waals surface area (Å²) in [6, 6.07) is 0. The van der Waals surface area contributed by atoms with E-state index in [0.29, 0.717) is 13.2 Å². The lowest BCUT2D eigenvalue weighted by molar-refractivity contribution is 0.0520. The molecule has 0 amide bonds. The van der Waals surface area contributed by atoms with Gasteiger partial charge in [0.2, 0.25) is 0 Å². The lowest BCUT2D eigenvalue weighted by atomic mass is 10.3. The van der Waals surface area contributed by atoms with Crippen LogP contribution in [-0.2, 0) is 9.47 Å². The number of hydrogen-bond acceptors (Lipinski definition) is 7. The maximum Gasteiger partial charge on any atom is 0.0700 e. The van der Waals surface area contributed by atoms with Crippen LogP contribution in [0.2, 0.25) is 0 Å². The van der Waals surface area contributed by atoms with Crippen LogP contribution in [0.1, 0.15) is 46.0 Å². The van der Waals surface area contributed by atoms with Crippen LogP contribution in [0.25, 0.3) is 0 Å². The van der Waals surface area contributed by atoms with Crippen LogP contribution in [0.5, 0.6) is 0 Å². The number of rotatable bonds is 25. The number of hydrogen-bond donors (Lipinski definition) is 5. The second kappa shape index (κ2) is 26.7. The molecule has 7 heteroatoms. The molecule has 0 heterocycles. The highest BCUT2D eigenvalue weighted by Gasteiger charge is 1.93. The molecular formula is C21H49N5O2. The summed E-state index contributed by atoms with van der Waals surface area (Å²) in [6.07, 6.45) is 6.07. The fraction of sp³-hybridized carbons (Fsp3) is 1.00. The van der Waals surface area contributed by atoms with Crippen LogP contribution < -0.4 is 26.6 Å². The monoisotopic (exact) mass is 403 g/mol. The number of ether oxygens (including phenoxy) is 2. The quantitative estimate of drug-likeness (QED) is 0.145. The molecule has 0 aliphatic heterocycles. The van der Waals surface area contributed by atoms with Gasteiger partial charge in [-0.25, -0.2) is 0 Å². The fourth-order valence-corrected chi connectivity index (χ4v) is 2.62. The zero-order valence-corrected chi connectivity index (χ0v) is 18.8. The maximum atomic E-state index is 5.48. The van der Waals surface area contributed by atoms with Gasteiger partial charge in [0.15, 0.2) is 0 Å². The van der Waals surface area contributed by atoms with E-state index in [2.05, 4.69) is 33.5 Å². The van der Waals surface area contributed by atoms with Crippen molar-refractivity contribution in [2.45, 2.75) is 46.0 Å². The molecule has 0 aromatic rings. The van der Waals surface area contributed by atoms with Gasteiger partial charge in [0.05, 0.1) is 13.2 Å². The van der Waals surface area contributed by atoms with Crippen LogP contribution >= 0.6 is 0 Å². The van der Waals surface area contributed by atoms with E-state index < -0.39 is 0 Å². The van der Waals surface area contributed by atoms with E-state index in [9.17, 15) is 0 Å². The lowest BCUT2D eigenvalue weighted by Crippen LogP contribution is -2.33. The second-order valence-electron chi connectivity index (χ2n) is 6.97. The van der Waals surface area contributed by atoms with Gasteiger partial charge in [-0.3, -0.25) is 0 Å². The number of nitrogens with one attached hydrogen (secondary N) is 5. The molecule has 0 saturated carbocycles. The molecule has 0 unspecified atom stereocenters. The summed E-state index contributed by atoms with van der Waals surface area (Å²) in [5.41, 5.74) is 0. The van der Waals surface area contributed by atoms with E-state index in [1.165, 1.54) is 25.7 Å². The lowest BCUT2D eigenvalue weighted by Gasteiger charge is -2.09. The molecule has 0 aliphatic rings. The third-order valence-corrected chi connectivity index (χ3v) is 4.32. The third-order valence-electron chi connectivity index (χ3n) is 4.32. The first-order chi connectivity index (χ1) is 13.9. The predicted molar refractivity (Wildman–Crippen MR) is 120 cm³/mol. The van der Waals surface area contributed by atoms with Crippen molar-refractivity contribution in [3.8, 4) is 0 Å². The average Bonchev–Trinajstić information content (AvgIpc) is 2.71. The van der Waals surface area contributed by atoms with Crippen molar-refractivity contribution >= 4 is 0 Å². The SMILES string of the molecule is CCCCNCCNCCNCCCCNCCNCCCOCCOCC. The highest BCUT2D eigenvalue weighted by molar-refractivity contribution is 4.57. The molecule has 0 fully saturated rings. The van der Waals surface area contributed by atoms with Crippen LogP contribution in [0.15, 0.2) is 0 Å². The molecule has 0 aliphatic carbocycles. The Bertz CT molecular complexity index is 247. The van der Waals surface area contributed by atoms with Crippen molar-refractivity contribution in [2.24, 2.45) is 0 Å². The summed E-state index contributed by atoms with van der Waals surface area (Å²) in [5.74, 6) is 0. The summed E-state index contributed by atoms with van der Waals surface area (Å²) in [6.45, 7) is 17.9. The molecule has 0 saturated heterocycles. The molecule has 5 N–H and O–H groups in total. The topological polar surface area (TPSA) is 78.6 Å². The Kier molecular flexibility index (Phi) is 26.5. The number of unbranched alkanes of at least 4 members (excludes halogenated alkanes) is 2. The minimum atomic E-state index is 0.706. The summed E-state index contributed by atoms with van der Waals surface area (Å²) >= 11 is 0. The maximum absolute atomic E-state index is 5.48. The van der Waals surface area contributed by atoms with Crippen molar-refractivity contribution in [3.63, 3.8) is 0 Å². The van der Waals surface area contributed by atoms with Crippen LogP contribution in [0.3, 0.4) is 0 Å². The first-order valence-corrected chi connectivity index (χ1v) is 11.6. The van der Waals surface area contributed by atoms with Crippen molar-refractivity contribution < 1.29 is 9.47 Å². The third kappa shape index (κ3) is 25.7. The molecule has 7 nitrogen and oxygen atoms in total. The fourth-order valence-electron chi connectivity index (χ4n) is 2.62.